The largest absolute Gasteiger partial charge is 0.481 e. The summed E-state index contributed by atoms with van der Waals surface area (Å²) >= 11 is 1.65. The highest BCUT2D eigenvalue weighted by molar-refractivity contribution is 7.09. The number of urea groups is 1. The van der Waals surface area contributed by atoms with Crippen molar-refractivity contribution in [1.82, 2.24) is 9.80 Å². The molecule has 2 amide bonds. The maximum absolute atomic E-state index is 12.6. The van der Waals surface area contributed by atoms with Crippen molar-refractivity contribution in [2.75, 3.05) is 19.6 Å². The van der Waals surface area contributed by atoms with E-state index in [1.807, 2.05) is 34.2 Å². The van der Waals surface area contributed by atoms with Crippen molar-refractivity contribution >= 4 is 23.3 Å². The lowest BCUT2D eigenvalue weighted by molar-refractivity contribution is -0.138. The Morgan fingerprint density at radius 1 is 1.52 bits per heavy atom. The normalized spacial score (nSPS) is 18.5. The smallest absolute Gasteiger partial charge is 0.320 e. The average Bonchev–Trinajstić information content (AvgIpc) is 2.96. The van der Waals surface area contributed by atoms with Gasteiger partial charge in [0.2, 0.25) is 0 Å². The van der Waals surface area contributed by atoms with E-state index < -0.39 is 5.97 Å². The third-order valence-electron chi connectivity index (χ3n) is 3.83. The highest BCUT2D eigenvalue weighted by Gasteiger charge is 2.27. The Labute approximate surface area is 129 Å². The maximum atomic E-state index is 12.6. The molecule has 1 N–H and O–H groups in total. The van der Waals surface area contributed by atoms with Gasteiger partial charge in [0.05, 0.1) is 6.54 Å². The van der Waals surface area contributed by atoms with Gasteiger partial charge in [0, 0.05) is 30.9 Å². The highest BCUT2D eigenvalue weighted by Crippen LogP contribution is 2.21. The number of amides is 2. The molecule has 2 rings (SSSR count). The lowest BCUT2D eigenvalue weighted by atomic mass is 9.95. The van der Waals surface area contributed by atoms with Crippen LogP contribution in [0.4, 0.5) is 4.79 Å². The molecule has 1 aromatic heterocycles. The van der Waals surface area contributed by atoms with Crippen molar-refractivity contribution in [3.8, 4) is 0 Å². The Bertz CT molecular complexity index is 475. The zero-order valence-corrected chi connectivity index (χ0v) is 13.1. The summed E-state index contributed by atoms with van der Waals surface area (Å²) in [6, 6.07) is 4.05. The van der Waals surface area contributed by atoms with Crippen LogP contribution in [0.15, 0.2) is 17.5 Å². The van der Waals surface area contributed by atoms with Gasteiger partial charge in [-0.25, -0.2) is 4.79 Å². The van der Waals surface area contributed by atoms with Crippen LogP contribution in [0.25, 0.3) is 0 Å². The predicted octanol–water partition coefficient (Wildman–Crippen LogP) is 2.88. The predicted molar refractivity (Wildman–Crippen MR) is 82.3 cm³/mol. The summed E-state index contributed by atoms with van der Waals surface area (Å²) in [5.74, 6) is -0.694. The quantitative estimate of drug-likeness (QED) is 0.909. The van der Waals surface area contributed by atoms with Crippen molar-refractivity contribution in [3.63, 3.8) is 0 Å². The molecule has 1 fully saturated rings. The van der Waals surface area contributed by atoms with Gasteiger partial charge in [0.15, 0.2) is 0 Å². The zero-order chi connectivity index (χ0) is 15.2. The number of hydrogen-bond acceptors (Lipinski definition) is 3. The lowest BCUT2D eigenvalue weighted by Crippen LogP contribution is -2.47. The molecule has 1 atom stereocenters. The van der Waals surface area contributed by atoms with Crippen LogP contribution in [0.3, 0.4) is 0 Å². The molecule has 1 unspecified atom stereocenters. The van der Waals surface area contributed by atoms with E-state index in [2.05, 4.69) is 0 Å². The van der Waals surface area contributed by atoms with Crippen LogP contribution in [0.2, 0.25) is 0 Å². The van der Waals surface area contributed by atoms with Crippen molar-refractivity contribution in [2.45, 2.75) is 32.7 Å². The van der Waals surface area contributed by atoms with Crippen molar-refractivity contribution < 1.29 is 14.7 Å². The first kappa shape index (κ1) is 15.8. The molecule has 0 aliphatic carbocycles. The molecule has 0 aromatic carbocycles. The van der Waals surface area contributed by atoms with Gasteiger partial charge in [-0.3, -0.25) is 4.79 Å². The molecule has 1 aliphatic rings. The van der Waals surface area contributed by atoms with Crippen LogP contribution in [0, 0.1) is 5.92 Å². The number of likely N-dealkylation sites (tertiary alicyclic amines) is 1. The first-order chi connectivity index (χ1) is 10.1. The molecular formula is C15H22N2O3S. The molecule has 0 bridgehead atoms. The molecule has 1 aliphatic heterocycles. The number of carboxylic acid groups (broad SMARTS) is 1. The molecular weight excluding hydrogens is 288 g/mol. The Morgan fingerprint density at radius 2 is 2.33 bits per heavy atom. The van der Waals surface area contributed by atoms with Gasteiger partial charge in [0.1, 0.15) is 0 Å². The van der Waals surface area contributed by atoms with E-state index in [0.717, 1.165) is 19.4 Å². The molecule has 6 heteroatoms. The van der Waals surface area contributed by atoms with Crippen LogP contribution < -0.4 is 0 Å². The van der Waals surface area contributed by atoms with Crippen LogP contribution in [-0.2, 0) is 11.3 Å². The van der Waals surface area contributed by atoms with E-state index in [9.17, 15) is 9.59 Å². The molecule has 1 aromatic rings. The minimum Gasteiger partial charge on any atom is -0.481 e. The third kappa shape index (κ3) is 4.46. The summed E-state index contributed by atoms with van der Waals surface area (Å²) in [5, 5.41) is 10.9. The Morgan fingerprint density at radius 3 is 2.95 bits per heavy atom. The van der Waals surface area contributed by atoms with E-state index in [-0.39, 0.29) is 18.4 Å². The number of nitrogens with zero attached hydrogens (tertiary/aromatic N) is 2. The van der Waals surface area contributed by atoms with E-state index in [4.69, 9.17) is 5.11 Å². The Kier molecular flexibility index (Phi) is 5.61. The minimum atomic E-state index is -0.778. The highest BCUT2D eigenvalue weighted by atomic mass is 32.1. The molecule has 1 saturated heterocycles. The summed E-state index contributed by atoms with van der Waals surface area (Å²) in [7, 11) is 0. The molecule has 0 radical (unpaired) electrons. The van der Waals surface area contributed by atoms with Gasteiger partial charge in [-0.15, -0.1) is 11.3 Å². The summed E-state index contributed by atoms with van der Waals surface area (Å²) in [4.78, 5) is 28.2. The fourth-order valence-electron chi connectivity index (χ4n) is 2.76. The second-order valence-corrected chi connectivity index (χ2v) is 6.46. The first-order valence-electron chi connectivity index (χ1n) is 7.38. The van der Waals surface area contributed by atoms with Crippen molar-refractivity contribution in [3.05, 3.63) is 22.4 Å². The van der Waals surface area contributed by atoms with Gasteiger partial charge in [-0.1, -0.05) is 6.07 Å². The summed E-state index contributed by atoms with van der Waals surface area (Å²) in [6.45, 7) is 4.57. The molecule has 116 valence electrons. The number of carbonyl (C=O) groups is 2. The molecule has 21 heavy (non-hydrogen) atoms. The van der Waals surface area contributed by atoms with Crippen LogP contribution in [-0.4, -0.2) is 46.5 Å². The van der Waals surface area contributed by atoms with Crippen LogP contribution in [0.5, 0.6) is 0 Å². The number of carboxylic acids is 1. The summed E-state index contributed by atoms with van der Waals surface area (Å²) < 4.78 is 0. The number of hydrogen-bond donors (Lipinski definition) is 1. The second-order valence-electron chi connectivity index (χ2n) is 5.43. The standard InChI is InChI=1S/C15H22N2O3S/c1-2-16(11-13-6-4-8-21-13)15(20)17-7-3-5-12(10-17)9-14(18)19/h4,6,8,12H,2-3,5,7,9-11H2,1H3,(H,18,19). The summed E-state index contributed by atoms with van der Waals surface area (Å²) in [6.07, 6.45) is 1.94. The SMILES string of the molecule is CCN(Cc1cccs1)C(=O)N1CCCC(CC(=O)O)C1. The molecule has 2 heterocycles. The third-order valence-corrected chi connectivity index (χ3v) is 4.69. The zero-order valence-electron chi connectivity index (χ0n) is 12.3. The monoisotopic (exact) mass is 310 g/mol. The number of carbonyl (C=O) groups excluding carboxylic acids is 1. The molecule has 5 nitrogen and oxygen atoms in total. The van der Waals surface area contributed by atoms with E-state index in [0.29, 0.717) is 19.6 Å². The maximum Gasteiger partial charge on any atom is 0.320 e. The van der Waals surface area contributed by atoms with Gasteiger partial charge < -0.3 is 14.9 Å². The van der Waals surface area contributed by atoms with Crippen molar-refractivity contribution in [1.29, 1.82) is 0 Å². The second kappa shape index (κ2) is 7.45. The minimum absolute atomic E-state index is 0.0287. The number of thiophene rings is 1. The van der Waals surface area contributed by atoms with Gasteiger partial charge >= 0.3 is 12.0 Å². The van der Waals surface area contributed by atoms with Crippen molar-refractivity contribution in [2.24, 2.45) is 5.92 Å². The van der Waals surface area contributed by atoms with Gasteiger partial charge in [0.25, 0.3) is 0 Å². The molecule has 0 spiro atoms. The fraction of sp³-hybridized carbons (Fsp3) is 0.600. The lowest BCUT2D eigenvalue weighted by Gasteiger charge is -2.35. The van der Waals surface area contributed by atoms with E-state index in [1.54, 1.807) is 11.3 Å². The summed E-state index contributed by atoms with van der Waals surface area (Å²) in [5.41, 5.74) is 0. The Balaban J connectivity index is 1.94. The Hall–Kier alpha value is -1.56. The molecule has 0 saturated carbocycles. The van der Waals surface area contributed by atoms with E-state index >= 15 is 0 Å². The van der Waals surface area contributed by atoms with E-state index in [1.165, 1.54) is 4.88 Å². The first-order valence-corrected chi connectivity index (χ1v) is 8.26. The van der Waals surface area contributed by atoms with Crippen LogP contribution in [0.1, 0.15) is 31.1 Å². The fourth-order valence-corrected chi connectivity index (χ4v) is 3.48. The van der Waals surface area contributed by atoms with Crippen LogP contribution >= 0.6 is 11.3 Å². The topological polar surface area (TPSA) is 60.9 Å². The number of piperidine rings is 1. The number of rotatable bonds is 5. The van der Waals surface area contributed by atoms with Gasteiger partial charge in [-0.05, 0) is 37.1 Å². The average molecular weight is 310 g/mol. The van der Waals surface area contributed by atoms with Gasteiger partial charge in [-0.2, -0.15) is 0 Å². The number of aliphatic carboxylic acids is 1.